The van der Waals surface area contributed by atoms with Crippen molar-refractivity contribution in [3.05, 3.63) is 102 Å². The van der Waals surface area contributed by atoms with Crippen LogP contribution in [0.5, 0.6) is 0 Å². The van der Waals surface area contributed by atoms with Crippen LogP contribution in [-0.2, 0) is 19.7 Å². The predicted molar refractivity (Wildman–Crippen MR) is 116 cm³/mol. The van der Waals surface area contributed by atoms with Crippen LogP contribution in [-0.4, -0.2) is 18.9 Å². The number of carbonyl (C=O) groups excluding carboxylic acids is 2. The molecular formula is C27H24O3. The molecule has 0 heterocycles. The molecule has 150 valence electrons. The molecule has 0 fully saturated rings. The molecule has 6 rings (SSSR count). The number of ether oxygens (including phenoxy) is 1. The van der Waals surface area contributed by atoms with Gasteiger partial charge in [0.1, 0.15) is 5.57 Å². The molecular weight excluding hydrogens is 372 g/mol. The van der Waals surface area contributed by atoms with E-state index in [0.717, 1.165) is 23.1 Å². The lowest BCUT2D eigenvalue weighted by Crippen LogP contribution is -2.54. The summed E-state index contributed by atoms with van der Waals surface area (Å²) in [6.45, 7) is 2.05. The van der Waals surface area contributed by atoms with Gasteiger partial charge >= 0.3 is 5.97 Å². The lowest BCUT2D eigenvalue weighted by Gasteiger charge is -2.53. The predicted octanol–water partition coefficient (Wildman–Crippen LogP) is 4.90. The zero-order valence-electron chi connectivity index (χ0n) is 17.2. The third-order valence-electron chi connectivity index (χ3n) is 7.37. The Bertz CT molecular complexity index is 1110. The molecule has 4 aliphatic rings. The maximum absolute atomic E-state index is 14.1. The van der Waals surface area contributed by atoms with E-state index in [9.17, 15) is 9.59 Å². The molecule has 2 aromatic rings. The summed E-state index contributed by atoms with van der Waals surface area (Å²) < 4.78 is 5.15. The molecule has 0 N–H and O–H groups in total. The maximum Gasteiger partial charge on any atom is 0.341 e. The third-order valence-corrected chi connectivity index (χ3v) is 7.37. The van der Waals surface area contributed by atoms with Crippen molar-refractivity contribution >= 4 is 17.3 Å². The molecule has 0 aromatic heterocycles. The van der Waals surface area contributed by atoms with E-state index in [-0.39, 0.29) is 23.2 Å². The van der Waals surface area contributed by atoms with Crippen molar-refractivity contribution in [1.82, 2.24) is 0 Å². The smallest absolute Gasteiger partial charge is 0.341 e. The second kappa shape index (κ2) is 6.66. The van der Waals surface area contributed by atoms with Crippen LogP contribution in [0, 0.1) is 17.3 Å². The van der Waals surface area contributed by atoms with Crippen molar-refractivity contribution in [3.63, 3.8) is 0 Å². The van der Waals surface area contributed by atoms with Crippen molar-refractivity contribution < 1.29 is 14.3 Å². The highest BCUT2D eigenvalue weighted by molar-refractivity contribution is 6.30. The van der Waals surface area contributed by atoms with E-state index in [4.69, 9.17) is 4.74 Å². The summed E-state index contributed by atoms with van der Waals surface area (Å²) in [5.41, 5.74) is 1.48. The molecule has 3 nitrogen and oxygen atoms in total. The fourth-order valence-electron chi connectivity index (χ4n) is 6.08. The van der Waals surface area contributed by atoms with E-state index < -0.39 is 16.8 Å². The SMILES string of the molecule is COC(=O)C1=C(c2ccccc2)[C@]2(c3ccccc3)[C@H]3C=CC[C@H](C=C3)[C@]2(C)C1=O. The Labute approximate surface area is 176 Å². The fraction of sp³-hybridized carbons (Fsp3) is 0.259. The number of fused-ring (bicyclic) bond motifs is 1. The molecule has 3 heteroatoms. The number of hydrogen-bond acceptors (Lipinski definition) is 3. The van der Waals surface area contributed by atoms with Crippen LogP contribution >= 0.6 is 0 Å². The molecule has 0 unspecified atom stereocenters. The Morgan fingerprint density at radius 1 is 0.967 bits per heavy atom. The second-order valence-electron chi connectivity index (χ2n) is 8.49. The van der Waals surface area contributed by atoms with E-state index in [1.165, 1.54) is 7.11 Å². The molecule has 0 spiro atoms. The van der Waals surface area contributed by atoms with E-state index in [1.54, 1.807) is 0 Å². The summed E-state index contributed by atoms with van der Waals surface area (Å²) in [5, 5.41) is 0. The van der Waals surface area contributed by atoms with Crippen molar-refractivity contribution in [2.24, 2.45) is 17.3 Å². The van der Waals surface area contributed by atoms with Crippen LogP contribution in [0.15, 0.2) is 90.5 Å². The van der Waals surface area contributed by atoms with Gasteiger partial charge in [0.2, 0.25) is 0 Å². The van der Waals surface area contributed by atoms with E-state index >= 15 is 0 Å². The number of Topliss-reactive ketones (excluding diaryl/α,β-unsaturated/α-hetero) is 1. The Hall–Kier alpha value is -3.20. The Kier molecular flexibility index (Phi) is 4.18. The number of hydrogen-bond donors (Lipinski definition) is 0. The van der Waals surface area contributed by atoms with Gasteiger partial charge in [0.25, 0.3) is 0 Å². The van der Waals surface area contributed by atoms with Crippen LogP contribution < -0.4 is 0 Å². The van der Waals surface area contributed by atoms with Gasteiger partial charge in [-0.2, -0.15) is 0 Å². The molecule has 30 heavy (non-hydrogen) atoms. The van der Waals surface area contributed by atoms with Gasteiger partial charge in [-0.05, 0) is 29.0 Å². The first-order chi connectivity index (χ1) is 14.6. The lowest BCUT2D eigenvalue weighted by atomic mass is 9.47. The summed E-state index contributed by atoms with van der Waals surface area (Å²) in [6, 6.07) is 20.1. The van der Waals surface area contributed by atoms with Crippen molar-refractivity contribution in [2.45, 2.75) is 18.8 Å². The minimum atomic E-state index is -0.786. The van der Waals surface area contributed by atoms with Gasteiger partial charge in [-0.15, -0.1) is 0 Å². The van der Waals surface area contributed by atoms with Gasteiger partial charge < -0.3 is 4.74 Å². The molecule has 0 radical (unpaired) electrons. The summed E-state index contributed by atoms with van der Waals surface area (Å²) in [6.07, 6.45) is 9.58. The highest BCUT2D eigenvalue weighted by atomic mass is 16.5. The number of allylic oxidation sites excluding steroid dienone is 5. The third kappa shape index (κ3) is 2.15. The summed E-state index contributed by atoms with van der Waals surface area (Å²) in [7, 11) is 1.35. The van der Waals surface area contributed by atoms with Crippen LogP contribution in [0.1, 0.15) is 24.5 Å². The average molecular weight is 396 g/mol. The molecule has 2 aromatic carbocycles. The standard InChI is InChI=1S/C27H24O3/c1-26-19-14-9-15-21(17-16-19)27(26,20-12-7-4-8-13-20)23(18-10-5-3-6-11-18)22(24(26)28)25(29)30-2/h3-13,15-17,19,21H,14H2,1-2H3/t19-,21+,26-,27+/m1/s1. The van der Waals surface area contributed by atoms with Crippen LogP contribution in [0.2, 0.25) is 0 Å². The highest BCUT2D eigenvalue weighted by Crippen LogP contribution is 2.68. The summed E-state index contributed by atoms with van der Waals surface area (Å²) in [4.78, 5) is 27.2. The Morgan fingerprint density at radius 3 is 2.30 bits per heavy atom. The molecule has 4 atom stereocenters. The van der Waals surface area contributed by atoms with Crippen molar-refractivity contribution in [1.29, 1.82) is 0 Å². The second-order valence-corrected chi connectivity index (χ2v) is 8.49. The number of carbonyl (C=O) groups is 2. The lowest BCUT2D eigenvalue weighted by molar-refractivity contribution is -0.139. The minimum Gasteiger partial charge on any atom is -0.465 e. The molecule has 0 aliphatic heterocycles. The van der Waals surface area contributed by atoms with Gasteiger partial charge in [-0.3, -0.25) is 4.79 Å². The quantitative estimate of drug-likeness (QED) is 0.421. The zero-order valence-corrected chi connectivity index (χ0v) is 17.2. The normalized spacial score (nSPS) is 31.6. The van der Waals surface area contributed by atoms with Crippen LogP contribution in [0.25, 0.3) is 5.57 Å². The molecule has 0 saturated heterocycles. The van der Waals surface area contributed by atoms with Gasteiger partial charge in [-0.1, -0.05) is 91.9 Å². The van der Waals surface area contributed by atoms with E-state index in [0.29, 0.717) is 0 Å². The Balaban J connectivity index is 1.97. The number of methoxy groups -OCH3 is 1. The minimum absolute atomic E-state index is 0.000995. The zero-order chi connectivity index (χ0) is 20.9. The van der Waals surface area contributed by atoms with Crippen molar-refractivity contribution in [3.8, 4) is 0 Å². The summed E-state index contributed by atoms with van der Waals surface area (Å²) in [5.74, 6) is -0.696. The van der Waals surface area contributed by atoms with Gasteiger partial charge in [0.15, 0.2) is 5.78 Å². The number of benzene rings is 2. The number of rotatable bonds is 3. The summed E-state index contributed by atoms with van der Waals surface area (Å²) >= 11 is 0. The monoisotopic (exact) mass is 396 g/mol. The average Bonchev–Trinajstić information content (AvgIpc) is 2.98. The van der Waals surface area contributed by atoms with Crippen LogP contribution in [0.4, 0.5) is 0 Å². The topological polar surface area (TPSA) is 43.4 Å². The van der Waals surface area contributed by atoms with Crippen molar-refractivity contribution in [2.75, 3.05) is 7.11 Å². The Morgan fingerprint density at radius 2 is 1.63 bits per heavy atom. The molecule has 0 amide bonds. The van der Waals surface area contributed by atoms with Gasteiger partial charge in [-0.25, -0.2) is 4.79 Å². The van der Waals surface area contributed by atoms with Gasteiger partial charge in [0.05, 0.1) is 12.5 Å². The van der Waals surface area contributed by atoms with E-state index in [1.807, 2.05) is 48.5 Å². The molecule has 4 aliphatic carbocycles. The highest BCUT2D eigenvalue weighted by Gasteiger charge is 2.69. The van der Waals surface area contributed by atoms with Gasteiger partial charge in [0, 0.05) is 11.3 Å². The molecule has 2 bridgehead atoms. The largest absolute Gasteiger partial charge is 0.465 e. The number of ketones is 1. The first-order valence-corrected chi connectivity index (χ1v) is 10.4. The van der Waals surface area contributed by atoms with E-state index in [2.05, 4.69) is 43.4 Å². The first kappa shape index (κ1) is 18.8. The maximum atomic E-state index is 14.1. The molecule has 0 saturated carbocycles. The van der Waals surface area contributed by atoms with Crippen LogP contribution in [0.3, 0.4) is 0 Å². The fourth-order valence-corrected chi connectivity index (χ4v) is 6.08. The first-order valence-electron chi connectivity index (χ1n) is 10.4. The number of esters is 1.